The molecule has 2 aliphatic heterocycles. The first kappa shape index (κ1) is 26.1. The molecule has 1 aromatic carbocycles. The van der Waals surface area contributed by atoms with Gasteiger partial charge in [0, 0.05) is 18.3 Å². The third-order valence-corrected chi connectivity index (χ3v) is 9.96. The predicted molar refractivity (Wildman–Crippen MR) is 148 cm³/mol. The van der Waals surface area contributed by atoms with Gasteiger partial charge in [-0.25, -0.2) is 9.97 Å². The second-order valence-corrected chi connectivity index (χ2v) is 12.5. The molecule has 196 valence electrons. The highest BCUT2D eigenvalue weighted by Crippen LogP contribution is 2.39. The molecule has 3 aromatic rings. The minimum Gasteiger partial charge on any atom is -0.616 e. The molecule has 2 aliphatic rings. The van der Waals surface area contributed by atoms with Crippen molar-refractivity contribution in [3.8, 4) is 11.1 Å². The molecule has 0 radical (unpaired) electrons. The van der Waals surface area contributed by atoms with Crippen LogP contribution in [0.3, 0.4) is 0 Å². The fraction of sp³-hybridized carbons (Fsp3) is 0.481. The highest BCUT2D eigenvalue weighted by Gasteiger charge is 2.41. The van der Waals surface area contributed by atoms with Crippen LogP contribution in [0.25, 0.3) is 21.5 Å². The first-order chi connectivity index (χ1) is 18.0. The van der Waals surface area contributed by atoms with Crippen LogP contribution in [-0.2, 0) is 20.8 Å². The number of aromatic nitrogens is 2. The second-order valence-electron chi connectivity index (χ2n) is 9.80. The van der Waals surface area contributed by atoms with Gasteiger partial charge in [0.05, 0.1) is 12.1 Å². The molecule has 4 heterocycles. The summed E-state index contributed by atoms with van der Waals surface area (Å²) in [6.07, 6.45) is 4.86. The molecular weight excluding hydrogens is 506 g/mol. The van der Waals surface area contributed by atoms with E-state index in [4.69, 9.17) is 4.98 Å². The molecule has 0 spiro atoms. The quantitative estimate of drug-likeness (QED) is 0.446. The number of carbonyl (C=O) groups excluding carboxylic acids is 2. The van der Waals surface area contributed by atoms with Crippen molar-refractivity contribution in [3.63, 3.8) is 0 Å². The van der Waals surface area contributed by atoms with Crippen molar-refractivity contribution >= 4 is 44.7 Å². The maximum Gasteiger partial charge on any atom is 0.246 e. The molecule has 2 fully saturated rings. The molecule has 0 unspecified atom stereocenters. The minimum atomic E-state index is -0.845. The number of carbonyl (C=O) groups is 2. The van der Waals surface area contributed by atoms with E-state index in [1.807, 2.05) is 35.4 Å². The average molecular weight is 540 g/mol. The smallest absolute Gasteiger partial charge is 0.246 e. The number of nitrogens with zero attached hydrogens (tertiary/aromatic N) is 3. The van der Waals surface area contributed by atoms with Gasteiger partial charge in [-0.15, -0.1) is 0 Å². The van der Waals surface area contributed by atoms with E-state index in [2.05, 4.69) is 27.8 Å². The van der Waals surface area contributed by atoms with E-state index in [0.29, 0.717) is 30.9 Å². The van der Waals surface area contributed by atoms with E-state index in [0.717, 1.165) is 39.3 Å². The normalized spacial score (nSPS) is 23.6. The summed E-state index contributed by atoms with van der Waals surface area (Å²) in [7, 11) is 1.73. The van der Waals surface area contributed by atoms with Gasteiger partial charge in [-0.2, -0.15) is 0 Å². The Morgan fingerprint density at radius 3 is 2.65 bits per heavy atom. The average Bonchev–Trinajstić information content (AvgIpc) is 3.59. The largest absolute Gasteiger partial charge is 0.616 e. The summed E-state index contributed by atoms with van der Waals surface area (Å²) in [5.74, 6) is 0.857. The standard InChI is InChI=1S/C27H33N5O3S2/c1-17(28-2)24(33)30-22(19-11-15-37(35)16-12-19)27(34)32-14-6-9-21(32)25-31-23-20(10-13-29-26(23)36-25)18-7-4-3-5-8-18/h3-5,7-8,10,13,17,19,21-22,28H,6,9,11-12,14-16H2,1-2H3,(H,30,33)/t17-,19?,21-,22-,37?/m0/s1. The van der Waals surface area contributed by atoms with Gasteiger partial charge in [0.1, 0.15) is 32.9 Å². The van der Waals surface area contributed by atoms with Crippen molar-refractivity contribution in [1.82, 2.24) is 25.5 Å². The molecule has 0 saturated carbocycles. The number of amides is 2. The van der Waals surface area contributed by atoms with Crippen molar-refractivity contribution in [2.24, 2.45) is 5.92 Å². The van der Waals surface area contributed by atoms with Crippen LogP contribution in [0.1, 0.15) is 43.7 Å². The van der Waals surface area contributed by atoms with E-state index in [1.54, 1.807) is 25.3 Å². The zero-order chi connectivity index (χ0) is 25.9. The molecule has 2 amide bonds. The van der Waals surface area contributed by atoms with Crippen LogP contribution in [0.2, 0.25) is 0 Å². The molecule has 37 heavy (non-hydrogen) atoms. The molecule has 3 atom stereocenters. The Labute approximate surface area is 224 Å². The summed E-state index contributed by atoms with van der Waals surface area (Å²) in [4.78, 5) is 39.2. The van der Waals surface area contributed by atoms with Crippen molar-refractivity contribution in [2.75, 3.05) is 25.1 Å². The third-order valence-electron chi connectivity index (χ3n) is 7.51. The van der Waals surface area contributed by atoms with Crippen LogP contribution < -0.4 is 10.6 Å². The summed E-state index contributed by atoms with van der Waals surface area (Å²) in [6.45, 7) is 2.41. The van der Waals surface area contributed by atoms with Gasteiger partial charge in [-0.05, 0) is 57.2 Å². The van der Waals surface area contributed by atoms with Crippen molar-refractivity contribution < 1.29 is 14.1 Å². The Morgan fingerprint density at radius 2 is 1.92 bits per heavy atom. The predicted octanol–water partition coefficient (Wildman–Crippen LogP) is 3.27. The molecule has 2 saturated heterocycles. The first-order valence-corrected chi connectivity index (χ1v) is 15.2. The number of fused-ring (bicyclic) bond motifs is 1. The molecular formula is C27H33N5O3S2. The molecule has 2 aromatic heterocycles. The van der Waals surface area contributed by atoms with E-state index < -0.39 is 23.3 Å². The molecule has 10 heteroatoms. The Morgan fingerprint density at radius 1 is 1.16 bits per heavy atom. The van der Waals surface area contributed by atoms with Crippen molar-refractivity contribution in [1.29, 1.82) is 0 Å². The molecule has 2 N–H and O–H groups in total. The SMILES string of the molecule is CN[C@@H](C)C(=O)N[C@H](C(=O)N1CCC[C@H]1c1nc2c(-c3ccccc3)ccnc2s1)C1CC[S+]([O-])CC1. The van der Waals surface area contributed by atoms with Gasteiger partial charge in [-0.1, -0.05) is 52.8 Å². The lowest BCUT2D eigenvalue weighted by atomic mass is 9.92. The number of hydrogen-bond acceptors (Lipinski definition) is 7. The lowest BCUT2D eigenvalue weighted by Gasteiger charge is -2.35. The summed E-state index contributed by atoms with van der Waals surface area (Å²) in [5.41, 5.74) is 2.98. The number of benzene rings is 1. The lowest BCUT2D eigenvalue weighted by Crippen LogP contribution is -2.56. The molecule has 5 rings (SSSR count). The van der Waals surface area contributed by atoms with Gasteiger partial charge < -0.3 is 20.1 Å². The highest BCUT2D eigenvalue weighted by molar-refractivity contribution is 7.91. The van der Waals surface area contributed by atoms with Crippen LogP contribution in [0.15, 0.2) is 42.6 Å². The molecule has 0 bridgehead atoms. The molecule has 0 aliphatic carbocycles. The van der Waals surface area contributed by atoms with E-state index in [-0.39, 0.29) is 23.8 Å². The van der Waals surface area contributed by atoms with Crippen molar-refractivity contribution in [3.05, 3.63) is 47.6 Å². The lowest BCUT2D eigenvalue weighted by molar-refractivity contribution is -0.139. The number of likely N-dealkylation sites (tertiary alicyclic amines) is 1. The zero-order valence-electron chi connectivity index (χ0n) is 21.2. The van der Waals surface area contributed by atoms with E-state index in [1.165, 1.54) is 0 Å². The Balaban J connectivity index is 1.43. The summed E-state index contributed by atoms with van der Waals surface area (Å²) in [6, 6.07) is 10.9. The maximum absolute atomic E-state index is 14.0. The Bertz CT molecular complexity index is 1250. The number of pyridine rings is 1. The monoisotopic (exact) mass is 539 g/mol. The second kappa shape index (κ2) is 11.5. The number of hydrogen-bond donors (Lipinski definition) is 2. The number of nitrogens with one attached hydrogen (secondary N) is 2. The van der Waals surface area contributed by atoms with E-state index >= 15 is 0 Å². The van der Waals surface area contributed by atoms with Crippen LogP contribution >= 0.6 is 11.3 Å². The zero-order valence-corrected chi connectivity index (χ0v) is 22.8. The minimum absolute atomic E-state index is 0.0267. The number of likely N-dealkylation sites (N-methyl/N-ethyl adjacent to an activating group) is 1. The fourth-order valence-electron chi connectivity index (χ4n) is 5.24. The number of rotatable bonds is 7. The Kier molecular flexibility index (Phi) is 8.09. The van der Waals surface area contributed by atoms with Crippen LogP contribution in [0.4, 0.5) is 0 Å². The van der Waals surface area contributed by atoms with Crippen molar-refractivity contribution in [2.45, 2.75) is 50.7 Å². The first-order valence-electron chi connectivity index (χ1n) is 12.9. The van der Waals surface area contributed by atoms with Gasteiger partial charge in [0.25, 0.3) is 0 Å². The van der Waals surface area contributed by atoms with Gasteiger partial charge >= 0.3 is 0 Å². The van der Waals surface area contributed by atoms with E-state index in [9.17, 15) is 14.1 Å². The number of thiazole rings is 1. The van der Waals surface area contributed by atoms with Gasteiger partial charge in [-0.3, -0.25) is 9.59 Å². The summed E-state index contributed by atoms with van der Waals surface area (Å²) in [5, 5.41) is 6.88. The fourth-order valence-corrected chi connectivity index (χ4v) is 7.66. The van der Waals surface area contributed by atoms with Gasteiger partial charge in [0.15, 0.2) is 0 Å². The van der Waals surface area contributed by atoms with Gasteiger partial charge in [0.2, 0.25) is 11.8 Å². The highest BCUT2D eigenvalue weighted by atomic mass is 32.2. The topological polar surface area (TPSA) is 110 Å². The molecule has 8 nitrogen and oxygen atoms in total. The summed E-state index contributed by atoms with van der Waals surface area (Å²) < 4.78 is 12.0. The van der Waals surface area contributed by atoms with Crippen LogP contribution in [-0.4, -0.2) is 68.4 Å². The maximum atomic E-state index is 14.0. The van der Waals surface area contributed by atoms with Crippen LogP contribution in [0.5, 0.6) is 0 Å². The Hall–Kier alpha value is -2.53. The van der Waals surface area contributed by atoms with Crippen LogP contribution in [0, 0.1) is 5.92 Å². The third kappa shape index (κ3) is 5.52. The summed E-state index contributed by atoms with van der Waals surface area (Å²) >= 11 is 0.696.